The fourth-order valence-corrected chi connectivity index (χ4v) is 1.73. The van der Waals surface area contributed by atoms with Gasteiger partial charge in [-0.1, -0.05) is 25.1 Å². The number of aromatic amines is 1. The van der Waals surface area contributed by atoms with Crippen LogP contribution in [0.15, 0.2) is 35.1 Å². The number of benzene rings is 1. The summed E-state index contributed by atoms with van der Waals surface area (Å²) in [5.41, 5.74) is -0.0664. The van der Waals surface area contributed by atoms with Crippen molar-refractivity contribution in [3.8, 4) is 0 Å². The Morgan fingerprint density at radius 3 is 2.71 bits per heavy atom. The first kappa shape index (κ1) is 11.7. The van der Waals surface area contributed by atoms with Crippen LogP contribution in [-0.4, -0.2) is 10.5 Å². The molecule has 0 radical (unpaired) electrons. The SMILES string of the molecule is CCC(C)(C)Nc1cc2ccccc2c(=O)[nH]1. The molecule has 0 aliphatic carbocycles. The molecule has 0 fully saturated rings. The largest absolute Gasteiger partial charge is 0.367 e. The zero-order chi connectivity index (χ0) is 12.5. The topological polar surface area (TPSA) is 44.9 Å². The van der Waals surface area contributed by atoms with Gasteiger partial charge in [-0.05, 0) is 37.8 Å². The average molecular weight is 230 g/mol. The molecule has 0 unspecified atom stereocenters. The minimum absolute atomic E-state index is 0.0224. The minimum Gasteiger partial charge on any atom is -0.367 e. The molecule has 2 aromatic rings. The average Bonchev–Trinajstić information content (AvgIpc) is 2.28. The molecule has 0 saturated carbocycles. The second-order valence-corrected chi connectivity index (χ2v) is 4.96. The van der Waals surface area contributed by atoms with Crippen molar-refractivity contribution in [2.75, 3.05) is 5.32 Å². The van der Waals surface area contributed by atoms with Gasteiger partial charge < -0.3 is 10.3 Å². The van der Waals surface area contributed by atoms with Gasteiger partial charge in [-0.2, -0.15) is 0 Å². The van der Waals surface area contributed by atoms with Crippen LogP contribution in [0.1, 0.15) is 27.2 Å². The number of anilines is 1. The highest BCUT2D eigenvalue weighted by atomic mass is 16.1. The molecular formula is C14H18N2O. The Kier molecular flexibility index (Phi) is 2.92. The van der Waals surface area contributed by atoms with E-state index in [-0.39, 0.29) is 11.1 Å². The Bertz CT molecular complexity index is 584. The van der Waals surface area contributed by atoms with Gasteiger partial charge in [0.05, 0.1) is 0 Å². The van der Waals surface area contributed by atoms with Gasteiger partial charge in [-0.15, -0.1) is 0 Å². The zero-order valence-corrected chi connectivity index (χ0v) is 10.5. The smallest absolute Gasteiger partial charge is 0.257 e. The lowest BCUT2D eigenvalue weighted by Gasteiger charge is -2.25. The van der Waals surface area contributed by atoms with Crippen molar-refractivity contribution in [2.24, 2.45) is 0 Å². The minimum atomic E-state index is -0.0440. The van der Waals surface area contributed by atoms with Gasteiger partial charge in [0, 0.05) is 10.9 Å². The van der Waals surface area contributed by atoms with Crippen LogP contribution in [0.25, 0.3) is 10.8 Å². The highest BCUT2D eigenvalue weighted by Crippen LogP contribution is 2.18. The van der Waals surface area contributed by atoms with E-state index in [0.29, 0.717) is 0 Å². The van der Waals surface area contributed by atoms with Gasteiger partial charge in [-0.3, -0.25) is 4.79 Å². The maximum absolute atomic E-state index is 11.9. The quantitative estimate of drug-likeness (QED) is 0.850. The van der Waals surface area contributed by atoms with Crippen molar-refractivity contribution in [3.63, 3.8) is 0 Å². The number of H-pyrrole nitrogens is 1. The summed E-state index contributed by atoms with van der Waals surface area (Å²) in [4.78, 5) is 14.8. The van der Waals surface area contributed by atoms with E-state index >= 15 is 0 Å². The first-order valence-corrected chi connectivity index (χ1v) is 5.92. The third-order valence-corrected chi connectivity index (χ3v) is 3.11. The van der Waals surface area contributed by atoms with Crippen LogP contribution in [-0.2, 0) is 0 Å². The van der Waals surface area contributed by atoms with E-state index in [2.05, 4.69) is 31.1 Å². The van der Waals surface area contributed by atoms with Crippen LogP contribution in [0.2, 0.25) is 0 Å². The molecule has 0 spiro atoms. The maximum Gasteiger partial charge on any atom is 0.257 e. The van der Waals surface area contributed by atoms with E-state index in [1.807, 2.05) is 30.3 Å². The zero-order valence-electron chi connectivity index (χ0n) is 10.5. The molecule has 0 aliphatic heterocycles. The number of aromatic nitrogens is 1. The molecule has 0 amide bonds. The van der Waals surface area contributed by atoms with Crippen molar-refractivity contribution in [2.45, 2.75) is 32.7 Å². The molecule has 3 heteroatoms. The number of fused-ring (bicyclic) bond motifs is 1. The lowest BCUT2D eigenvalue weighted by atomic mass is 10.0. The Hall–Kier alpha value is -1.77. The molecule has 2 rings (SSSR count). The summed E-state index contributed by atoms with van der Waals surface area (Å²) in [6.07, 6.45) is 0.988. The molecule has 0 bridgehead atoms. The predicted molar refractivity (Wildman–Crippen MR) is 72.6 cm³/mol. The monoisotopic (exact) mass is 230 g/mol. The Morgan fingerprint density at radius 1 is 1.29 bits per heavy atom. The highest BCUT2D eigenvalue weighted by Gasteiger charge is 2.14. The van der Waals surface area contributed by atoms with Gasteiger partial charge in [0.15, 0.2) is 0 Å². The van der Waals surface area contributed by atoms with Crippen molar-refractivity contribution in [1.82, 2.24) is 4.98 Å². The summed E-state index contributed by atoms with van der Waals surface area (Å²) in [5.74, 6) is 0.778. The van der Waals surface area contributed by atoms with Crippen LogP contribution in [0.4, 0.5) is 5.82 Å². The Balaban J connectivity index is 2.47. The molecule has 1 aromatic carbocycles. The van der Waals surface area contributed by atoms with Gasteiger partial charge >= 0.3 is 0 Å². The lowest BCUT2D eigenvalue weighted by molar-refractivity contribution is 0.545. The van der Waals surface area contributed by atoms with Crippen LogP contribution >= 0.6 is 0 Å². The molecule has 17 heavy (non-hydrogen) atoms. The maximum atomic E-state index is 11.9. The van der Waals surface area contributed by atoms with Gasteiger partial charge in [-0.25, -0.2) is 0 Å². The van der Waals surface area contributed by atoms with Crippen LogP contribution in [0.3, 0.4) is 0 Å². The molecule has 0 saturated heterocycles. The van der Waals surface area contributed by atoms with Gasteiger partial charge in [0.2, 0.25) is 0 Å². The summed E-state index contributed by atoms with van der Waals surface area (Å²) in [5, 5.41) is 5.04. The van der Waals surface area contributed by atoms with Crippen molar-refractivity contribution >= 4 is 16.6 Å². The van der Waals surface area contributed by atoms with E-state index in [0.717, 1.165) is 23.0 Å². The molecule has 0 aliphatic rings. The van der Waals surface area contributed by atoms with Crippen LogP contribution in [0.5, 0.6) is 0 Å². The summed E-state index contributed by atoms with van der Waals surface area (Å²) >= 11 is 0. The van der Waals surface area contributed by atoms with Crippen LogP contribution < -0.4 is 10.9 Å². The fraction of sp³-hybridized carbons (Fsp3) is 0.357. The van der Waals surface area contributed by atoms with E-state index < -0.39 is 0 Å². The molecule has 3 nitrogen and oxygen atoms in total. The summed E-state index contributed by atoms with van der Waals surface area (Å²) in [6, 6.07) is 9.59. The van der Waals surface area contributed by atoms with E-state index in [1.165, 1.54) is 0 Å². The molecule has 1 heterocycles. The first-order valence-electron chi connectivity index (χ1n) is 5.92. The third-order valence-electron chi connectivity index (χ3n) is 3.11. The second kappa shape index (κ2) is 4.24. The number of hydrogen-bond acceptors (Lipinski definition) is 2. The van der Waals surface area contributed by atoms with Gasteiger partial charge in [0.1, 0.15) is 5.82 Å². The van der Waals surface area contributed by atoms with Crippen molar-refractivity contribution in [1.29, 1.82) is 0 Å². The molecule has 90 valence electrons. The number of rotatable bonds is 3. The molecule has 2 N–H and O–H groups in total. The fourth-order valence-electron chi connectivity index (χ4n) is 1.73. The molecule has 1 aromatic heterocycles. The number of nitrogens with one attached hydrogen (secondary N) is 2. The summed E-state index contributed by atoms with van der Waals surface area (Å²) in [6.45, 7) is 6.34. The first-order chi connectivity index (χ1) is 8.02. The van der Waals surface area contributed by atoms with Crippen molar-refractivity contribution < 1.29 is 0 Å². The number of hydrogen-bond donors (Lipinski definition) is 2. The highest BCUT2D eigenvalue weighted by molar-refractivity contribution is 5.83. The Morgan fingerprint density at radius 2 is 2.00 bits per heavy atom. The summed E-state index contributed by atoms with van der Waals surface area (Å²) < 4.78 is 0. The van der Waals surface area contributed by atoms with E-state index in [1.54, 1.807) is 0 Å². The van der Waals surface area contributed by atoms with E-state index in [4.69, 9.17) is 0 Å². The number of pyridine rings is 1. The van der Waals surface area contributed by atoms with Crippen molar-refractivity contribution in [3.05, 3.63) is 40.7 Å². The van der Waals surface area contributed by atoms with Gasteiger partial charge in [0.25, 0.3) is 5.56 Å². The predicted octanol–water partition coefficient (Wildman–Crippen LogP) is 3.13. The molecule has 0 atom stereocenters. The lowest BCUT2D eigenvalue weighted by Crippen LogP contribution is -2.31. The van der Waals surface area contributed by atoms with E-state index in [9.17, 15) is 4.79 Å². The molecular weight excluding hydrogens is 212 g/mol. The standard InChI is InChI=1S/C14H18N2O/c1-4-14(2,3)16-12-9-10-7-5-6-8-11(10)13(17)15-12/h5-9H,4H2,1-3H3,(H2,15,16,17). The van der Waals surface area contributed by atoms with Crippen LogP contribution in [0, 0.1) is 0 Å². The summed E-state index contributed by atoms with van der Waals surface area (Å²) in [7, 11) is 0. The normalized spacial score (nSPS) is 11.7. The third kappa shape index (κ3) is 2.49. The Labute approximate surface area is 101 Å². The second-order valence-electron chi connectivity index (χ2n) is 4.96.